The Morgan fingerprint density at radius 3 is 2.68 bits per heavy atom. The molecule has 0 saturated heterocycles. The molecule has 0 fully saturated rings. The summed E-state index contributed by atoms with van der Waals surface area (Å²) >= 11 is 0. The van der Waals surface area contributed by atoms with E-state index in [9.17, 15) is 9.18 Å². The Hall–Kier alpha value is -2.76. The van der Waals surface area contributed by atoms with Gasteiger partial charge in [-0.15, -0.1) is 0 Å². The topological polar surface area (TPSA) is 77.6 Å². The Bertz CT molecular complexity index is 712. The van der Waals surface area contributed by atoms with E-state index in [2.05, 4.69) is 9.98 Å². The summed E-state index contributed by atoms with van der Waals surface area (Å²) in [6.45, 7) is 1.77. The molecule has 6 heteroatoms. The van der Waals surface area contributed by atoms with Crippen LogP contribution in [0.1, 0.15) is 11.3 Å². The zero-order chi connectivity index (χ0) is 16.1. The summed E-state index contributed by atoms with van der Waals surface area (Å²) in [7, 11) is 1.54. The molecule has 1 aromatic carbocycles. The maximum Gasteiger partial charge on any atom is 0.404 e. The average Bonchev–Trinajstić information content (AvgIpc) is 2.49. The van der Waals surface area contributed by atoms with Gasteiger partial charge in [0.1, 0.15) is 12.4 Å². The Labute approximate surface area is 127 Å². The molecule has 22 heavy (non-hydrogen) atoms. The van der Waals surface area contributed by atoms with E-state index in [-0.39, 0.29) is 6.61 Å². The van der Waals surface area contributed by atoms with Gasteiger partial charge >= 0.3 is 6.09 Å². The van der Waals surface area contributed by atoms with Crippen molar-refractivity contribution in [1.29, 1.82) is 0 Å². The van der Waals surface area contributed by atoms with Gasteiger partial charge in [-0.05, 0) is 19.1 Å². The fourth-order valence-electron chi connectivity index (χ4n) is 1.97. The number of pyridine rings is 1. The summed E-state index contributed by atoms with van der Waals surface area (Å²) < 4.78 is 19.0. The van der Waals surface area contributed by atoms with Gasteiger partial charge in [0.25, 0.3) is 0 Å². The Morgan fingerprint density at radius 2 is 2.14 bits per heavy atom. The first kappa shape index (κ1) is 15.6. The highest BCUT2D eigenvalue weighted by molar-refractivity contribution is 6.02. The summed E-state index contributed by atoms with van der Waals surface area (Å²) in [5.41, 5.74) is 7.89. The van der Waals surface area contributed by atoms with Crippen molar-refractivity contribution in [3.05, 3.63) is 53.6 Å². The Morgan fingerprint density at radius 1 is 1.36 bits per heavy atom. The number of carbonyl (C=O) groups is 1. The molecule has 1 heterocycles. The third kappa shape index (κ3) is 3.66. The number of benzene rings is 1. The van der Waals surface area contributed by atoms with Crippen molar-refractivity contribution in [2.75, 3.05) is 13.7 Å². The molecule has 0 aliphatic heterocycles. The third-order valence-corrected chi connectivity index (χ3v) is 3.15. The smallest absolute Gasteiger partial charge is 0.404 e. The minimum absolute atomic E-state index is 0.100. The number of aryl methyl sites for hydroxylation is 1. The molecule has 5 nitrogen and oxygen atoms in total. The number of nitrogens with two attached hydrogens (primary N) is 1. The summed E-state index contributed by atoms with van der Waals surface area (Å²) in [4.78, 5) is 18.8. The number of hydrogen-bond donors (Lipinski definition) is 1. The largest absolute Gasteiger partial charge is 0.443 e. The minimum Gasteiger partial charge on any atom is -0.443 e. The number of carbonyl (C=O) groups excluding carboxylic acids is 1. The van der Waals surface area contributed by atoms with E-state index in [1.54, 1.807) is 18.3 Å². The van der Waals surface area contributed by atoms with Gasteiger partial charge in [-0.1, -0.05) is 18.2 Å². The summed E-state index contributed by atoms with van der Waals surface area (Å²) in [5.74, 6) is -0.400. The molecule has 0 atom stereocenters. The summed E-state index contributed by atoms with van der Waals surface area (Å²) in [5, 5.41) is 0. The van der Waals surface area contributed by atoms with Crippen molar-refractivity contribution >= 4 is 11.8 Å². The number of ether oxygens (including phenoxy) is 1. The maximum atomic E-state index is 14.3. The summed E-state index contributed by atoms with van der Waals surface area (Å²) in [6.07, 6.45) is 0.724. The Kier molecular flexibility index (Phi) is 4.83. The van der Waals surface area contributed by atoms with Crippen molar-refractivity contribution in [2.24, 2.45) is 10.7 Å². The van der Waals surface area contributed by atoms with Crippen molar-refractivity contribution in [1.82, 2.24) is 4.98 Å². The number of aromatic nitrogens is 1. The first-order valence-corrected chi connectivity index (χ1v) is 6.62. The molecule has 2 N–H and O–H groups in total. The molecule has 114 valence electrons. The number of nitrogens with zero attached hydrogens (tertiary/aromatic N) is 2. The number of hydrogen-bond acceptors (Lipinski definition) is 4. The van der Waals surface area contributed by atoms with Gasteiger partial charge in [-0.2, -0.15) is 0 Å². The Balaban J connectivity index is 2.29. The zero-order valence-corrected chi connectivity index (χ0v) is 12.3. The van der Waals surface area contributed by atoms with E-state index in [0.717, 1.165) is 5.69 Å². The van der Waals surface area contributed by atoms with Crippen LogP contribution in [0.3, 0.4) is 0 Å². The molecule has 0 radical (unpaired) electrons. The monoisotopic (exact) mass is 301 g/mol. The lowest BCUT2D eigenvalue weighted by Gasteiger charge is -2.09. The molecular formula is C16H16FN3O2. The standard InChI is InChI=1S/C16H16FN3O2/c1-10-3-4-12(8-20-10)13-6-5-11(7-14(13)17)15(19-2)9-22-16(18)21/h3-8H,9H2,1-2H3,(H2,18,21). The van der Waals surface area contributed by atoms with Crippen LogP contribution in [0.15, 0.2) is 41.5 Å². The second-order valence-electron chi connectivity index (χ2n) is 4.66. The molecule has 2 aromatic rings. The van der Waals surface area contributed by atoms with E-state index in [0.29, 0.717) is 22.4 Å². The molecule has 0 spiro atoms. The molecule has 0 bridgehead atoms. The van der Waals surface area contributed by atoms with Crippen LogP contribution in [0, 0.1) is 12.7 Å². The molecule has 2 rings (SSSR count). The lowest BCUT2D eigenvalue weighted by atomic mass is 10.0. The molecule has 1 amide bonds. The lowest BCUT2D eigenvalue weighted by Crippen LogP contribution is -2.19. The van der Waals surface area contributed by atoms with E-state index < -0.39 is 11.9 Å². The highest BCUT2D eigenvalue weighted by Crippen LogP contribution is 2.23. The second kappa shape index (κ2) is 6.80. The molecule has 0 aliphatic rings. The van der Waals surface area contributed by atoms with Gasteiger partial charge in [-0.3, -0.25) is 9.98 Å². The summed E-state index contributed by atoms with van der Waals surface area (Å²) in [6, 6.07) is 8.34. The van der Waals surface area contributed by atoms with Gasteiger partial charge in [0.2, 0.25) is 0 Å². The first-order valence-electron chi connectivity index (χ1n) is 6.62. The van der Waals surface area contributed by atoms with Crippen molar-refractivity contribution in [2.45, 2.75) is 6.92 Å². The lowest BCUT2D eigenvalue weighted by molar-refractivity contribution is 0.173. The molecule has 1 aromatic heterocycles. The maximum absolute atomic E-state index is 14.3. The normalized spacial score (nSPS) is 11.3. The van der Waals surface area contributed by atoms with Gasteiger partial charge < -0.3 is 10.5 Å². The zero-order valence-electron chi connectivity index (χ0n) is 12.3. The first-order chi connectivity index (χ1) is 10.5. The highest BCUT2D eigenvalue weighted by Gasteiger charge is 2.11. The SMILES string of the molecule is CN=C(COC(N)=O)c1ccc(-c2ccc(C)nc2)c(F)c1. The van der Waals surface area contributed by atoms with Gasteiger partial charge in [0.05, 0.1) is 5.71 Å². The predicted molar refractivity (Wildman–Crippen MR) is 82.4 cm³/mol. The molecule has 0 unspecified atom stereocenters. The van der Waals surface area contributed by atoms with Crippen LogP contribution < -0.4 is 5.73 Å². The van der Waals surface area contributed by atoms with Crippen LogP contribution >= 0.6 is 0 Å². The number of amides is 1. The van der Waals surface area contributed by atoms with Crippen molar-refractivity contribution in [3.8, 4) is 11.1 Å². The fourth-order valence-corrected chi connectivity index (χ4v) is 1.97. The van der Waals surface area contributed by atoms with Crippen molar-refractivity contribution < 1.29 is 13.9 Å². The van der Waals surface area contributed by atoms with E-state index in [1.807, 2.05) is 19.1 Å². The highest BCUT2D eigenvalue weighted by atomic mass is 19.1. The van der Waals surface area contributed by atoms with Crippen LogP contribution in [0.5, 0.6) is 0 Å². The molecule has 0 saturated carbocycles. The minimum atomic E-state index is -0.899. The van der Waals surface area contributed by atoms with E-state index in [1.165, 1.54) is 13.1 Å². The number of primary amides is 1. The number of rotatable bonds is 4. The van der Waals surface area contributed by atoms with Crippen LogP contribution in [0.2, 0.25) is 0 Å². The van der Waals surface area contributed by atoms with Crippen molar-refractivity contribution in [3.63, 3.8) is 0 Å². The van der Waals surface area contributed by atoms with Gasteiger partial charge in [0.15, 0.2) is 0 Å². The van der Waals surface area contributed by atoms with Crippen LogP contribution in [-0.2, 0) is 4.74 Å². The van der Waals surface area contributed by atoms with Gasteiger partial charge in [-0.25, -0.2) is 9.18 Å². The van der Waals surface area contributed by atoms with Crippen LogP contribution in [0.25, 0.3) is 11.1 Å². The number of aliphatic imine (C=N–C) groups is 1. The molecular weight excluding hydrogens is 285 g/mol. The fraction of sp³-hybridized carbons (Fsp3) is 0.188. The van der Waals surface area contributed by atoms with Gasteiger partial charge in [0, 0.05) is 35.6 Å². The average molecular weight is 301 g/mol. The quantitative estimate of drug-likeness (QED) is 0.882. The molecule has 0 aliphatic carbocycles. The van der Waals surface area contributed by atoms with Crippen LogP contribution in [0.4, 0.5) is 9.18 Å². The van der Waals surface area contributed by atoms with E-state index in [4.69, 9.17) is 10.5 Å². The van der Waals surface area contributed by atoms with Crippen LogP contribution in [-0.4, -0.2) is 30.4 Å². The second-order valence-corrected chi connectivity index (χ2v) is 4.66. The third-order valence-electron chi connectivity index (χ3n) is 3.15. The van der Waals surface area contributed by atoms with E-state index >= 15 is 0 Å². The number of halogens is 1. The predicted octanol–water partition coefficient (Wildman–Crippen LogP) is 2.71.